The molecule has 108 valence electrons. The predicted molar refractivity (Wildman–Crippen MR) is 92.8 cm³/mol. The van der Waals surface area contributed by atoms with Gasteiger partial charge in [0, 0.05) is 16.5 Å². The summed E-state index contributed by atoms with van der Waals surface area (Å²) in [5, 5.41) is 5.76. The van der Waals surface area contributed by atoms with Gasteiger partial charge in [0.2, 0.25) is 0 Å². The molecule has 0 saturated carbocycles. The Morgan fingerprint density at radius 2 is 1.59 bits per heavy atom. The van der Waals surface area contributed by atoms with Crippen molar-refractivity contribution in [2.45, 2.75) is 13.3 Å². The summed E-state index contributed by atoms with van der Waals surface area (Å²) in [6.45, 7) is 2.16. The molecule has 0 aliphatic heterocycles. The van der Waals surface area contributed by atoms with Crippen molar-refractivity contribution in [3.8, 4) is 0 Å². The lowest BCUT2D eigenvalue weighted by atomic mass is 10.1. The standard InChI is InChI=1S/C20H17NO/c1-2-14-10-12-15(13-11-14)21-18-8-5-7-17-16-6-3-4-9-19(16)22-20(17)18/h3-13,21H,2H2,1H3. The van der Waals surface area contributed by atoms with Crippen molar-refractivity contribution in [1.29, 1.82) is 0 Å². The monoisotopic (exact) mass is 287 g/mol. The number of para-hydroxylation sites is 2. The van der Waals surface area contributed by atoms with E-state index in [1.165, 1.54) is 5.56 Å². The molecule has 2 nitrogen and oxygen atoms in total. The highest BCUT2D eigenvalue weighted by Gasteiger charge is 2.10. The average Bonchev–Trinajstić information content (AvgIpc) is 2.95. The molecule has 0 fully saturated rings. The van der Waals surface area contributed by atoms with Crippen molar-refractivity contribution < 1.29 is 4.42 Å². The molecular weight excluding hydrogens is 270 g/mol. The van der Waals surface area contributed by atoms with Gasteiger partial charge >= 0.3 is 0 Å². The number of fused-ring (bicyclic) bond motifs is 3. The maximum absolute atomic E-state index is 6.04. The average molecular weight is 287 g/mol. The van der Waals surface area contributed by atoms with Gasteiger partial charge < -0.3 is 9.73 Å². The molecule has 0 aliphatic rings. The van der Waals surface area contributed by atoms with Gasteiger partial charge in [0.1, 0.15) is 5.58 Å². The van der Waals surface area contributed by atoms with Gasteiger partial charge in [0.25, 0.3) is 0 Å². The number of nitrogens with one attached hydrogen (secondary N) is 1. The van der Waals surface area contributed by atoms with Crippen LogP contribution in [0.1, 0.15) is 12.5 Å². The summed E-state index contributed by atoms with van der Waals surface area (Å²) in [4.78, 5) is 0. The van der Waals surface area contributed by atoms with E-state index in [9.17, 15) is 0 Å². The highest BCUT2D eigenvalue weighted by atomic mass is 16.3. The minimum atomic E-state index is 0.906. The molecule has 0 aliphatic carbocycles. The van der Waals surface area contributed by atoms with Crippen LogP contribution < -0.4 is 5.32 Å². The fraction of sp³-hybridized carbons (Fsp3) is 0.100. The molecule has 4 aromatic rings. The largest absolute Gasteiger partial charge is 0.454 e. The molecule has 1 heterocycles. The first-order valence-electron chi connectivity index (χ1n) is 7.61. The van der Waals surface area contributed by atoms with Crippen LogP contribution in [0.15, 0.2) is 71.1 Å². The molecular formula is C20H17NO. The number of rotatable bonds is 3. The lowest BCUT2D eigenvalue weighted by Crippen LogP contribution is -1.91. The summed E-state index contributed by atoms with van der Waals surface area (Å²) in [5.41, 5.74) is 5.24. The topological polar surface area (TPSA) is 25.2 Å². The van der Waals surface area contributed by atoms with Crippen LogP contribution in [0, 0.1) is 0 Å². The lowest BCUT2D eigenvalue weighted by molar-refractivity contribution is 0.670. The van der Waals surface area contributed by atoms with E-state index in [0.717, 1.165) is 39.7 Å². The second-order valence-electron chi connectivity index (χ2n) is 5.46. The molecule has 1 aromatic heterocycles. The quantitative estimate of drug-likeness (QED) is 0.508. The third-order valence-electron chi connectivity index (χ3n) is 4.05. The summed E-state index contributed by atoms with van der Waals surface area (Å²) in [5.74, 6) is 0. The van der Waals surface area contributed by atoms with Crippen molar-refractivity contribution in [2.24, 2.45) is 0 Å². The summed E-state index contributed by atoms with van der Waals surface area (Å²) in [6.07, 6.45) is 1.05. The number of anilines is 2. The maximum Gasteiger partial charge on any atom is 0.158 e. The minimum absolute atomic E-state index is 0.906. The molecule has 0 unspecified atom stereocenters. The van der Waals surface area contributed by atoms with Crippen LogP contribution in [0.4, 0.5) is 11.4 Å². The summed E-state index contributed by atoms with van der Waals surface area (Å²) in [6, 6.07) is 22.9. The Balaban J connectivity index is 1.80. The smallest absolute Gasteiger partial charge is 0.158 e. The first-order valence-corrected chi connectivity index (χ1v) is 7.61. The van der Waals surface area contributed by atoms with Gasteiger partial charge in [-0.1, -0.05) is 49.4 Å². The number of hydrogen-bond donors (Lipinski definition) is 1. The molecule has 2 heteroatoms. The normalized spacial score (nSPS) is 11.1. The molecule has 0 amide bonds. The fourth-order valence-electron chi connectivity index (χ4n) is 2.82. The third-order valence-corrected chi connectivity index (χ3v) is 4.05. The summed E-state index contributed by atoms with van der Waals surface area (Å²) >= 11 is 0. The van der Waals surface area contributed by atoms with Crippen LogP contribution in [-0.4, -0.2) is 0 Å². The Labute approximate surface area is 129 Å². The summed E-state index contributed by atoms with van der Waals surface area (Å²) < 4.78 is 6.04. The molecule has 4 rings (SSSR count). The predicted octanol–water partition coefficient (Wildman–Crippen LogP) is 5.89. The zero-order chi connectivity index (χ0) is 14.9. The van der Waals surface area contributed by atoms with Gasteiger partial charge in [-0.2, -0.15) is 0 Å². The molecule has 0 saturated heterocycles. The van der Waals surface area contributed by atoms with Crippen LogP contribution in [0.2, 0.25) is 0 Å². The number of aryl methyl sites for hydroxylation is 1. The zero-order valence-corrected chi connectivity index (χ0v) is 12.5. The highest BCUT2D eigenvalue weighted by Crippen LogP contribution is 2.34. The van der Waals surface area contributed by atoms with Gasteiger partial charge in [-0.25, -0.2) is 0 Å². The van der Waals surface area contributed by atoms with Gasteiger partial charge in [0.15, 0.2) is 5.58 Å². The number of furan rings is 1. The molecule has 0 radical (unpaired) electrons. The SMILES string of the molecule is CCc1ccc(Nc2cccc3c2oc2ccccc23)cc1. The van der Waals surface area contributed by atoms with Crippen molar-refractivity contribution >= 4 is 33.3 Å². The van der Waals surface area contributed by atoms with Crippen LogP contribution >= 0.6 is 0 Å². The van der Waals surface area contributed by atoms with Crippen LogP contribution in [0.25, 0.3) is 21.9 Å². The van der Waals surface area contributed by atoms with Gasteiger partial charge in [-0.05, 0) is 36.2 Å². The fourth-order valence-corrected chi connectivity index (χ4v) is 2.82. The Kier molecular flexibility index (Phi) is 3.08. The molecule has 0 spiro atoms. The number of benzene rings is 3. The Hall–Kier alpha value is -2.74. The Bertz CT molecular complexity index is 935. The lowest BCUT2D eigenvalue weighted by Gasteiger charge is -2.07. The second-order valence-corrected chi connectivity index (χ2v) is 5.46. The van der Waals surface area contributed by atoms with Crippen molar-refractivity contribution in [2.75, 3.05) is 5.32 Å². The molecule has 22 heavy (non-hydrogen) atoms. The molecule has 3 aromatic carbocycles. The Morgan fingerprint density at radius 1 is 0.818 bits per heavy atom. The van der Waals surface area contributed by atoms with Crippen LogP contribution in [0.3, 0.4) is 0 Å². The maximum atomic E-state index is 6.04. The minimum Gasteiger partial charge on any atom is -0.454 e. The first-order chi connectivity index (χ1) is 10.8. The number of hydrogen-bond acceptors (Lipinski definition) is 2. The third kappa shape index (κ3) is 2.13. The van der Waals surface area contributed by atoms with E-state index >= 15 is 0 Å². The molecule has 0 atom stereocenters. The Morgan fingerprint density at radius 3 is 2.41 bits per heavy atom. The van der Waals surface area contributed by atoms with E-state index in [0.29, 0.717) is 0 Å². The van der Waals surface area contributed by atoms with Crippen LogP contribution in [-0.2, 0) is 6.42 Å². The zero-order valence-electron chi connectivity index (χ0n) is 12.5. The van der Waals surface area contributed by atoms with Gasteiger partial charge in [-0.3, -0.25) is 0 Å². The van der Waals surface area contributed by atoms with Gasteiger partial charge in [0.05, 0.1) is 5.69 Å². The summed E-state index contributed by atoms with van der Waals surface area (Å²) in [7, 11) is 0. The van der Waals surface area contributed by atoms with E-state index in [1.54, 1.807) is 0 Å². The van der Waals surface area contributed by atoms with Gasteiger partial charge in [-0.15, -0.1) is 0 Å². The van der Waals surface area contributed by atoms with Crippen molar-refractivity contribution in [1.82, 2.24) is 0 Å². The highest BCUT2D eigenvalue weighted by molar-refractivity contribution is 6.09. The van der Waals surface area contributed by atoms with E-state index < -0.39 is 0 Å². The molecule has 0 bridgehead atoms. The van der Waals surface area contributed by atoms with E-state index in [1.807, 2.05) is 18.2 Å². The van der Waals surface area contributed by atoms with E-state index in [2.05, 4.69) is 60.8 Å². The van der Waals surface area contributed by atoms with E-state index in [-0.39, 0.29) is 0 Å². The van der Waals surface area contributed by atoms with Crippen LogP contribution in [0.5, 0.6) is 0 Å². The van der Waals surface area contributed by atoms with Crippen molar-refractivity contribution in [3.63, 3.8) is 0 Å². The molecule has 1 N–H and O–H groups in total. The second kappa shape index (κ2) is 5.23. The van der Waals surface area contributed by atoms with E-state index in [4.69, 9.17) is 4.42 Å². The van der Waals surface area contributed by atoms with Crippen molar-refractivity contribution in [3.05, 3.63) is 72.3 Å². The first kappa shape index (κ1) is 13.0.